The molecule has 0 atom stereocenters. The number of fused-ring (bicyclic) bond motifs is 9. The summed E-state index contributed by atoms with van der Waals surface area (Å²) < 4.78 is 4.93. The summed E-state index contributed by atoms with van der Waals surface area (Å²) >= 11 is 0. The average molecular weight is 531 g/mol. The number of nitrogens with zero attached hydrogens (tertiary/aromatic N) is 2. The molecule has 2 heteroatoms. The molecule has 0 N–H and O–H groups in total. The second-order valence-electron chi connectivity index (χ2n) is 12.0. The molecule has 0 amide bonds. The second kappa shape index (κ2) is 12.5. The van der Waals surface area contributed by atoms with E-state index in [0.717, 1.165) is 13.1 Å². The minimum Gasteiger partial charge on any atom is -0.347 e. The van der Waals surface area contributed by atoms with Crippen molar-refractivity contribution in [2.24, 2.45) is 0 Å². The molecule has 2 nitrogen and oxygen atoms in total. The lowest BCUT2D eigenvalue weighted by molar-refractivity contribution is 0.565. The number of aromatic nitrogens is 2. The number of benzene rings is 4. The van der Waals surface area contributed by atoms with Crippen molar-refractivity contribution in [1.29, 1.82) is 0 Å². The van der Waals surface area contributed by atoms with Gasteiger partial charge in [0, 0.05) is 47.3 Å². The summed E-state index contributed by atoms with van der Waals surface area (Å²) in [6.45, 7) is 6.81. The van der Waals surface area contributed by atoms with Gasteiger partial charge in [-0.05, 0) is 69.4 Å². The molecule has 0 fully saturated rings. The highest BCUT2D eigenvalue weighted by Crippen LogP contribution is 2.37. The Bertz CT molecular complexity index is 1600. The summed E-state index contributed by atoms with van der Waals surface area (Å²) in [6, 6.07) is 23.5. The summed E-state index contributed by atoms with van der Waals surface area (Å²) in [6.07, 6.45) is 20.7. The predicted octanol–water partition coefficient (Wildman–Crippen LogP) is 11.8. The van der Waals surface area contributed by atoms with E-state index in [0.29, 0.717) is 0 Å². The van der Waals surface area contributed by atoms with Gasteiger partial charge in [-0.1, -0.05) is 114 Å². The van der Waals surface area contributed by atoms with Crippen LogP contribution in [0.15, 0.2) is 73.1 Å². The van der Waals surface area contributed by atoms with Crippen molar-refractivity contribution >= 4 is 54.1 Å². The highest BCUT2D eigenvalue weighted by molar-refractivity contribution is 6.24. The van der Waals surface area contributed by atoms with E-state index < -0.39 is 0 Å². The number of hydrogen-bond donors (Lipinski definition) is 0. The van der Waals surface area contributed by atoms with E-state index in [2.05, 4.69) is 96.0 Å². The molecule has 2 aromatic heterocycles. The molecule has 0 aliphatic heterocycles. The first kappa shape index (κ1) is 26.9. The highest BCUT2D eigenvalue weighted by atomic mass is 15.0. The van der Waals surface area contributed by atoms with Crippen LogP contribution in [-0.4, -0.2) is 9.13 Å². The molecule has 0 unspecified atom stereocenters. The van der Waals surface area contributed by atoms with Crippen molar-refractivity contribution in [2.45, 2.75) is 104 Å². The van der Waals surface area contributed by atoms with E-state index in [1.807, 2.05) is 0 Å². The summed E-state index contributed by atoms with van der Waals surface area (Å²) in [7, 11) is 0. The molecule has 0 saturated heterocycles. The number of rotatable bonds is 14. The maximum Gasteiger partial charge on any atom is 0.0486 e. The van der Waals surface area contributed by atoms with E-state index >= 15 is 0 Å². The van der Waals surface area contributed by atoms with E-state index in [9.17, 15) is 0 Å². The van der Waals surface area contributed by atoms with Gasteiger partial charge in [0.2, 0.25) is 0 Å². The van der Waals surface area contributed by atoms with Crippen LogP contribution in [0.5, 0.6) is 0 Å². The van der Waals surface area contributed by atoms with Crippen molar-refractivity contribution in [1.82, 2.24) is 9.13 Å². The molecule has 0 aliphatic rings. The van der Waals surface area contributed by atoms with Crippen molar-refractivity contribution in [3.8, 4) is 0 Å². The minimum atomic E-state index is 1.12. The Kier molecular flexibility index (Phi) is 8.42. The molecule has 0 radical (unpaired) electrons. The van der Waals surface area contributed by atoms with E-state index in [1.165, 1.54) is 131 Å². The Balaban J connectivity index is 1.27. The molecule has 4 aromatic carbocycles. The summed E-state index contributed by atoms with van der Waals surface area (Å²) in [4.78, 5) is 0. The third kappa shape index (κ3) is 5.26. The van der Waals surface area contributed by atoms with Crippen LogP contribution >= 0.6 is 0 Å². The zero-order chi connectivity index (χ0) is 27.3. The summed E-state index contributed by atoms with van der Waals surface area (Å²) in [5.74, 6) is 0. The van der Waals surface area contributed by atoms with Crippen molar-refractivity contribution in [3.05, 3.63) is 73.1 Å². The highest BCUT2D eigenvalue weighted by Gasteiger charge is 2.12. The average Bonchev–Trinajstić information content (AvgIpc) is 3.60. The van der Waals surface area contributed by atoms with Crippen LogP contribution in [0.3, 0.4) is 0 Å². The van der Waals surface area contributed by atoms with Crippen molar-refractivity contribution in [2.75, 3.05) is 0 Å². The number of hydrogen-bond acceptors (Lipinski definition) is 0. The Labute approximate surface area is 240 Å². The fourth-order valence-electron chi connectivity index (χ4n) is 6.92. The van der Waals surface area contributed by atoms with Crippen LogP contribution < -0.4 is 0 Å². The van der Waals surface area contributed by atoms with Gasteiger partial charge in [0.1, 0.15) is 0 Å². The summed E-state index contributed by atoms with van der Waals surface area (Å²) in [5, 5.41) is 11.0. The smallest absolute Gasteiger partial charge is 0.0486 e. The minimum absolute atomic E-state index is 1.12. The number of aryl methyl sites for hydroxylation is 2. The Morgan fingerprint density at radius 2 is 0.675 bits per heavy atom. The van der Waals surface area contributed by atoms with Gasteiger partial charge in [0.05, 0.1) is 0 Å². The van der Waals surface area contributed by atoms with Gasteiger partial charge in [0.25, 0.3) is 0 Å². The van der Waals surface area contributed by atoms with E-state index in [-0.39, 0.29) is 0 Å². The molecule has 0 bridgehead atoms. The lowest BCUT2D eigenvalue weighted by Crippen LogP contribution is -1.96. The standard InChI is InChI=1S/C38H46N2/c1-3-5-7-9-11-13-25-39-27-23-35-33-17-15-30-29(31(33)19-21-37(35)39)16-18-34-32(30)20-22-38-36(34)24-28-40(38)26-14-12-10-8-6-4-2/h15-24,27-28H,3-14,25-26H2,1-2H3. The lowest BCUT2D eigenvalue weighted by atomic mass is 9.94. The first-order valence-corrected chi connectivity index (χ1v) is 16.1. The third-order valence-electron chi connectivity index (χ3n) is 9.20. The Morgan fingerprint density at radius 1 is 0.350 bits per heavy atom. The number of unbranched alkanes of at least 4 members (excludes halogenated alkanes) is 10. The van der Waals surface area contributed by atoms with Crippen molar-refractivity contribution in [3.63, 3.8) is 0 Å². The topological polar surface area (TPSA) is 9.86 Å². The third-order valence-corrected chi connectivity index (χ3v) is 9.20. The van der Waals surface area contributed by atoms with Crippen LogP contribution in [0.25, 0.3) is 54.1 Å². The maximum atomic E-state index is 2.46. The normalized spacial score (nSPS) is 12.2. The molecule has 6 rings (SSSR count). The Morgan fingerprint density at radius 3 is 1.07 bits per heavy atom. The SMILES string of the molecule is CCCCCCCCn1ccc2c3ccc4c(ccc5c4ccc4c5ccn4CCCCCCCC)c3ccc21. The molecule has 0 spiro atoms. The molecule has 0 saturated carbocycles. The van der Waals surface area contributed by atoms with Gasteiger partial charge >= 0.3 is 0 Å². The molecule has 6 aromatic rings. The quantitative estimate of drug-likeness (QED) is 0.0979. The molecular weight excluding hydrogens is 484 g/mol. The van der Waals surface area contributed by atoms with Crippen LogP contribution in [0.2, 0.25) is 0 Å². The first-order chi connectivity index (χ1) is 19.8. The largest absolute Gasteiger partial charge is 0.347 e. The predicted molar refractivity (Wildman–Crippen MR) is 177 cm³/mol. The zero-order valence-corrected chi connectivity index (χ0v) is 24.7. The van der Waals surface area contributed by atoms with Gasteiger partial charge in [-0.3, -0.25) is 0 Å². The van der Waals surface area contributed by atoms with Gasteiger partial charge in [-0.15, -0.1) is 0 Å². The van der Waals surface area contributed by atoms with Crippen LogP contribution in [0.1, 0.15) is 90.9 Å². The fourth-order valence-corrected chi connectivity index (χ4v) is 6.92. The monoisotopic (exact) mass is 530 g/mol. The summed E-state index contributed by atoms with van der Waals surface area (Å²) in [5.41, 5.74) is 2.74. The van der Waals surface area contributed by atoms with Crippen LogP contribution in [0.4, 0.5) is 0 Å². The molecule has 0 aliphatic carbocycles. The van der Waals surface area contributed by atoms with Crippen LogP contribution in [0, 0.1) is 0 Å². The first-order valence-electron chi connectivity index (χ1n) is 16.1. The molecule has 40 heavy (non-hydrogen) atoms. The lowest BCUT2D eigenvalue weighted by Gasteiger charge is -2.11. The maximum absolute atomic E-state index is 2.46. The zero-order valence-electron chi connectivity index (χ0n) is 24.7. The Hall–Kier alpha value is -3.26. The van der Waals surface area contributed by atoms with E-state index in [1.54, 1.807) is 0 Å². The van der Waals surface area contributed by atoms with Gasteiger partial charge < -0.3 is 9.13 Å². The van der Waals surface area contributed by atoms with Crippen LogP contribution in [-0.2, 0) is 13.1 Å². The molecular formula is C38H46N2. The van der Waals surface area contributed by atoms with Gasteiger partial charge in [-0.25, -0.2) is 0 Å². The molecule has 208 valence electrons. The van der Waals surface area contributed by atoms with Crippen molar-refractivity contribution < 1.29 is 0 Å². The second-order valence-corrected chi connectivity index (χ2v) is 12.0. The van der Waals surface area contributed by atoms with E-state index in [4.69, 9.17) is 0 Å². The fraction of sp³-hybridized carbons (Fsp3) is 0.421. The molecule has 2 heterocycles. The van der Waals surface area contributed by atoms with Gasteiger partial charge in [-0.2, -0.15) is 0 Å². The van der Waals surface area contributed by atoms with Gasteiger partial charge in [0.15, 0.2) is 0 Å².